The molecule has 1 fully saturated rings. The number of rotatable bonds is 1. The van der Waals surface area contributed by atoms with Crippen molar-refractivity contribution >= 4 is 6.09 Å². The van der Waals surface area contributed by atoms with Crippen LogP contribution in [0, 0.1) is 0 Å². The van der Waals surface area contributed by atoms with Crippen molar-refractivity contribution in [1.82, 2.24) is 4.90 Å². The third-order valence-corrected chi connectivity index (χ3v) is 6.71. The number of carbonyl (C=O) groups excluding carboxylic acids is 1. The van der Waals surface area contributed by atoms with E-state index in [0.29, 0.717) is 6.61 Å². The Kier molecular flexibility index (Phi) is 3.25. The highest BCUT2D eigenvalue weighted by atomic mass is 16.6. The predicted molar refractivity (Wildman–Crippen MR) is 108 cm³/mol. The monoisotopic (exact) mass is 367 g/mol. The molecule has 3 heteroatoms. The van der Waals surface area contributed by atoms with E-state index in [9.17, 15) is 4.79 Å². The minimum absolute atomic E-state index is 0.0276. The Hall–Kier alpha value is -3.07. The molecule has 2 heterocycles. The van der Waals surface area contributed by atoms with Crippen LogP contribution in [0.15, 0.2) is 72.8 Å². The second kappa shape index (κ2) is 5.71. The quantitative estimate of drug-likeness (QED) is 0.544. The molecule has 0 radical (unpaired) electrons. The van der Waals surface area contributed by atoms with Crippen molar-refractivity contribution in [3.05, 3.63) is 95.1 Å². The average molecular weight is 367 g/mol. The van der Waals surface area contributed by atoms with Crippen LogP contribution < -0.4 is 0 Å². The number of benzene rings is 3. The van der Waals surface area contributed by atoms with Crippen LogP contribution in [0.2, 0.25) is 0 Å². The molecule has 2 aliphatic heterocycles. The summed E-state index contributed by atoms with van der Waals surface area (Å²) < 4.78 is 5.51. The van der Waals surface area contributed by atoms with Gasteiger partial charge in [0.05, 0.1) is 18.7 Å². The Morgan fingerprint density at radius 3 is 1.64 bits per heavy atom. The molecule has 0 unspecified atom stereocenters. The Morgan fingerprint density at radius 1 is 0.750 bits per heavy atom. The fourth-order valence-electron chi connectivity index (χ4n) is 5.87. The van der Waals surface area contributed by atoms with Gasteiger partial charge in [-0.05, 0) is 40.3 Å². The zero-order chi connectivity index (χ0) is 18.8. The Labute approximate surface area is 164 Å². The minimum atomic E-state index is -0.196. The molecule has 0 spiro atoms. The van der Waals surface area contributed by atoms with Crippen LogP contribution >= 0.6 is 0 Å². The fourth-order valence-corrected chi connectivity index (χ4v) is 5.87. The maximum absolute atomic E-state index is 13.0. The fraction of sp³-hybridized carbons (Fsp3) is 0.240. The lowest BCUT2D eigenvalue weighted by Crippen LogP contribution is -2.29. The molecular weight excluding hydrogens is 346 g/mol. The molecule has 0 aromatic heterocycles. The van der Waals surface area contributed by atoms with Crippen molar-refractivity contribution in [2.75, 3.05) is 6.61 Å². The SMILES string of the molecule is CCOC(=O)N1[C@@H]2c3ccccc3[C@H]1[C@@H]1c3ccccc3-c3ccccc3[C@@H]12. The lowest BCUT2D eigenvalue weighted by molar-refractivity contribution is 0.0928. The van der Waals surface area contributed by atoms with Gasteiger partial charge < -0.3 is 4.74 Å². The van der Waals surface area contributed by atoms with Gasteiger partial charge in [0.1, 0.15) is 0 Å². The molecule has 6 rings (SSSR count). The molecule has 1 aliphatic carbocycles. The first kappa shape index (κ1) is 15.9. The Morgan fingerprint density at radius 2 is 1.18 bits per heavy atom. The van der Waals surface area contributed by atoms with E-state index in [1.807, 2.05) is 11.8 Å². The van der Waals surface area contributed by atoms with Crippen molar-refractivity contribution < 1.29 is 9.53 Å². The topological polar surface area (TPSA) is 29.5 Å². The molecule has 4 atom stereocenters. The second-order valence-electron chi connectivity index (χ2n) is 7.85. The minimum Gasteiger partial charge on any atom is -0.450 e. The third-order valence-electron chi connectivity index (χ3n) is 6.71. The lowest BCUT2D eigenvalue weighted by atomic mass is 9.64. The number of carbonyl (C=O) groups is 1. The summed E-state index contributed by atoms with van der Waals surface area (Å²) in [5, 5.41) is 0. The van der Waals surface area contributed by atoms with E-state index in [-0.39, 0.29) is 30.0 Å². The van der Waals surface area contributed by atoms with E-state index in [1.165, 1.54) is 33.4 Å². The maximum atomic E-state index is 13.0. The molecule has 3 nitrogen and oxygen atoms in total. The molecule has 3 aromatic rings. The van der Waals surface area contributed by atoms with Crippen LogP contribution in [-0.2, 0) is 4.74 Å². The summed E-state index contributed by atoms with van der Waals surface area (Å²) in [4.78, 5) is 15.1. The zero-order valence-electron chi connectivity index (χ0n) is 15.7. The lowest BCUT2D eigenvalue weighted by Gasteiger charge is -2.37. The molecule has 3 aliphatic rings. The van der Waals surface area contributed by atoms with Gasteiger partial charge in [-0.25, -0.2) is 4.79 Å². The van der Waals surface area contributed by atoms with E-state index in [4.69, 9.17) is 4.74 Å². The summed E-state index contributed by atoms with van der Waals surface area (Å²) in [6.45, 7) is 2.27. The molecule has 0 N–H and O–H groups in total. The van der Waals surface area contributed by atoms with Gasteiger partial charge in [0, 0.05) is 11.8 Å². The Bertz CT molecular complexity index is 1030. The summed E-state index contributed by atoms with van der Waals surface area (Å²) in [5.74, 6) is 0.519. The van der Waals surface area contributed by atoms with Crippen LogP contribution in [0.5, 0.6) is 0 Å². The zero-order valence-corrected chi connectivity index (χ0v) is 15.7. The van der Waals surface area contributed by atoms with Crippen LogP contribution in [0.25, 0.3) is 11.1 Å². The third kappa shape index (κ3) is 1.86. The number of amides is 1. The van der Waals surface area contributed by atoms with Crippen molar-refractivity contribution in [3.63, 3.8) is 0 Å². The Balaban J connectivity index is 1.64. The van der Waals surface area contributed by atoms with E-state index in [2.05, 4.69) is 72.8 Å². The van der Waals surface area contributed by atoms with Gasteiger partial charge in [-0.1, -0.05) is 72.8 Å². The highest BCUT2D eigenvalue weighted by Gasteiger charge is 2.60. The largest absolute Gasteiger partial charge is 0.450 e. The normalized spacial score (nSPS) is 25.5. The number of ether oxygens (including phenoxy) is 1. The second-order valence-corrected chi connectivity index (χ2v) is 7.85. The highest BCUT2D eigenvalue weighted by Crippen LogP contribution is 2.69. The number of nitrogens with zero attached hydrogens (tertiary/aromatic N) is 1. The first-order chi connectivity index (χ1) is 13.8. The molecule has 3 aromatic carbocycles. The van der Waals surface area contributed by atoms with Crippen molar-refractivity contribution in [3.8, 4) is 11.1 Å². The van der Waals surface area contributed by atoms with Crippen molar-refractivity contribution in [1.29, 1.82) is 0 Å². The molecule has 2 bridgehead atoms. The first-order valence-electron chi connectivity index (χ1n) is 10.0. The standard InChI is InChI=1S/C25H21NO2/c1-2-28-25(27)26-23-19-13-7-8-14-20(19)24(26)22-18-12-6-4-10-16(18)15-9-3-5-11-17(15)21(22)23/h3-14,21-24H,2H2,1H3/t21-,22+,23+,24-. The van der Waals surface area contributed by atoms with Gasteiger partial charge in [-0.3, -0.25) is 4.90 Å². The first-order valence-corrected chi connectivity index (χ1v) is 10.0. The van der Waals surface area contributed by atoms with Crippen LogP contribution in [0.1, 0.15) is 53.1 Å². The van der Waals surface area contributed by atoms with Gasteiger partial charge in [0.2, 0.25) is 0 Å². The van der Waals surface area contributed by atoms with Gasteiger partial charge in [-0.2, -0.15) is 0 Å². The van der Waals surface area contributed by atoms with E-state index in [1.54, 1.807) is 0 Å². The van der Waals surface area contributed by atoms with E-state index >= 15 is 0 Å². The van der Waals surface area contributed by atoms with Crippen LogP contribution in [0.3, 0.4) is 0 Å². The predicted octanol–water partition coefficient (Wildman–Crippen LogP) is 5.80. The number of hydrogen-bond acceptors (Lipinski definition) is 2. The highest BCUT2D eigenvalue weighted by molar-refractivity contribution is 5.80. The van der Waals surface area contributed by atoms with Gasteiger partial charge in [0.15, 0.2) is 0 Å². The number of hydrogen-bond donors (Lipinski definition) is 0. The molecule has 138 valence electrons. The van der Waals surface area contributed by atoms with Gasteiger partial charge in [-0.15, -0.1) is 0 Å². The molecular formula is C25H21NO2. The summed E-state index contributed by atoms with van der Waals surface area (Å²) in [7, 11) is 0. The van der Waals surface area contributed by atoms with Crippen molar-refractivity contribution in [2.24, 2.45) is 0 Å². The summed E-state index contributed by atoms with van der Waals surface area (Å²) in [6.07, 6.45) is -0.196. The van der Waals surface area contributed by atoms with Crippen LogP contribution in [0.4, 0.5) is 4.79 Å². The summed E-state index contributed by atoms with van der Waals surface area (Å²) in [6, 6.07) is 26.0. The summed E-state index contributed by atoms with van der Waals surface area (Å²) >= 11 is 0. The molecule has 28 heavy (non-hydrogen) atoms. The van der Waals surface area contributed by atoms with Gasteiger partial charge in [0.25, 0.3) is 0 Å². The average Bonchev–Trinajstić information content (AvgIpc) is 3.27. The van der Waals surface area contributed by atoms with E-state index < -0.39 is 0 Å². The van der Waals surface area contributed by atoms with Crippen molar-refractivity contribution in [2.45, 2.75) is 30.8 Å². The number of fused-ring (bicyclic) bond motifs is 13. The molecule has 1 amide bonds. The summed E-state index contributed by atoms with van der Waals surface area (Å²) in [5.41, 5.74) is 7.85. The van der Waals surface area contributed by atoms with E-state index in [0.717, 1.165) is 0 Å². The molecule has 1 saturated heterocycles. The van der Waals surface area contributed by atoms with Gasteiger partial charge >= 0.3 is 6.09 Å². The van der Waals surface area contributed by atoms with Crippen LogP contribution in [-0.4, -0.2) is 17.6 Å². The maximum Gasteiger partial charge on any atom is 0.410 e. The smallest absolute Gasteiger partial charge is 0.410 e. The molecule has 0 saturated carbocycles.